The molecule has 0 aromatic heterocycles. The van der Waals surface area contributed by atoms with Crippen LogP contribution in [0, 0.1) is 0 Å². The van der Waals surface area contributed by atoms with Crippen LogP contribution in [-0.4, -0.2) is 42.8 Å². The fourth-order valence-corrected chi connectivity index (χ4v) is 5.25. The minimum atomic E-state index is 0. The van der Waals surface area contributed by atoms with Crippen molar-refractivity contribution >= 4 is 69.5 Å². The van der Waals surface area contributed by atoms with Gasteiger partial charge >= 0.3 is 0 Å². The molecule has 0 radical (unpaired) electrons. The van der Waals surface area contributed by atoms with Gasteiger partial charge in [-0.25, -0.2) is 0 Å². The van der Waals surface area contributed by atoms with E-state index in [-0.39, 0.29) is 12.4 Å². The molecule has 1 aliphatic rings. The van der Waals surface area contributed by atoms with E-state index < -0.39 is 0 Å². The molecule has 0 N–H and O–H groups in total. The standard InChI is InChI=1S/C22H22Cl2N2S.ClH/c23-11-13-25(14-12-24)15-16-26-19-7-3-4-8-20(19)27-21-10-9-17-5-1-2-6-18(17)22(21)26;/h1-10H,11-16H2;1H. The van der Waals surface area contributed by atoms with Gasteiger partial charge in [0.25, 0.3) is 0 Å². The normalized spacial score (nSPS) is 12.6. The van der Waals surface area contributed by atoms with Crippen molar-refractivity contribution in [3.63, 3.8) is 0 Å². The molecule has 4 rings (SSSR count). The molecule has 0 unspecified atom stereocenters. The van der Waals surface area contributed by atoms with E-state index in [9.17, 15) is 0 Å². The lowest BCUT2D eigenvalue weighted by molar-refractivity contribution is 0.315. The summed E-state index contributed by atoms with van der Waals surface area (Å²) in [5.74, 6) is 1.26. The Morgan fingerprint density at radius 2 is 1.50 bits per heavy atom. The minimum absolute atomic E-state index is 0. The van der Waals surface area contributed by atoms with Gasteiger partial charge in [0, 0.05) is 53.1 Å². The number of benzene rings is 3. The quantitative estimate of drug-likeness (QED) is 0.370. The summed E-state index contributed by atoms with van der Waals surface area (Å²) in [6.07, 6.45) is 0. The van der Waals surface area contributed by atoms with Crippen molar-refractivity contribution in [1.29, 1.82) is 0 Å². The molecular formula is C22H23Cl3N2S. The highest BCUT2D eigenvalue weighted by Crippen LogP contribution is 2.50. The van der Waals surface area contributed by atoms with E-state index >= 15 is 0 Å². The number of hydrogen-bond donors (Lipinski definition) is 0. The van der Waals surface area contributed by atoms with Gasteiger partial charge in [-0.1, -0.05) is 54.2 Å². The Bertz CT molecular complexity index is 929. The van der Waals surface area contributed by atoms with Crippen molar-refractivity contribution < 1.29 is 0 Å². The van der Waals surface area contributed by atoms with Crippen LogP contribution < -0.4 is 4.90 Å². The zero-order valence-electron chi connectivity index (χ0n) is 15.5. The summed E-state index contributed by atoms with van der Waals surface area (Å²) in [5.41, 5.74) is 2.59. The van der Waals surface area contributed by atoms with Crippen LogP contribution in [0.2, 0.25) is 0 Å². The number of anilines is 2. The van der Waals surface area contributed by atoms with Gasteiger partial charge in [0.2, 0.25) is 0 Å². The maximum Gasteiger partial charge on any atom is 0.0632 e. The second-order valence-electron chi connectivity index (χ2n) is 6.57. The van der Waals surface area contributed by atoms with Crippen LogP contribution >= 0.6 is 47.4 Å². The van der Waals surface area contributed by atoms with Crippen molar-refractivity contribution in [2.45, 2.75) is 9.79 Å². The van der Waals surface area contributed by atoms with E-state index in [0.717, 1.165) is 26.2 Å². The molecule has 148 valence electrons. The van der Waals surface area contributed by atoms with E-state index in [1.807, 2.05) is 11.8 Å². The molecular weight excluding hydrogens is 431 g/mol. The molecule has 1 aliphatic heterocycles. The second kappa shape index (κ2) is 10.1. The first-order chi connectivity index (χ1) is 13.3. The maximum absolute atomic E-state index is 5.99. The van der Waals surface area contributed by atoms with Crippen molar-refractivity contribution in [1.82, 2.24) is 4.90 Å². The molecule has 2 nitrogen and oxygen atoms in total. The first-order valence-electron chi connectivity index (χ1n) is 9.22. The number of para-hydroxylation sites is 1. The van der Waals surface area contributed by atoms with E-state index in [2.05, 4.69) is 70.5 Å². The molecule has 3 aromatic rings. The minimum Gasteiger partial charge on any atom is -0.338 e. The summed E-state index contributed by atoms with van der Waals surface area (Å²) in [4.78, 5) is 7.43. The summed E-state index contributed by atoms with van der Waals surface area (Å²) < 4.78 is 0. The van der Waals surface area contributed by atoms with Crippen molar-refractivity contribution in [2.24, 2.45) is 0 Å². The van der Waals surface area contributed by atoms with E-state index in [4.69, 9.17) is 23.2 Å². The number of halogens is 3. The highest BCUT2D eigenvalue weighted by molar-refractivity contribution is 7.99. The van der Waals surface area contributed by atoms with Gasteiger partial charge in [0.15, 0.2) is 0 Å². The summed E-state index contributed by atoms with van der Waals surface area (Å²) in [6.45, 7) is 3.56. The lowest BCUT2D eigenvalue weighted by Crippen LogP contribution is -2.36. The number of fused-ring (bicyclic) bond motifs is 4. The van der Waals surface area contributed by atoms with Crippen LogP contribution in [0.25, 0.3) is 10.8 Å². The molecule has 0 atom stereocenters. The molecule has 28 heavy (non-hydrogen) atoms. The summed E-state index contributed by atoms with van der Waals surface area (Å²) in [6, 6.07) is 21.8. The van der Waals surface area contributed by atoms with Gasteiger partial charge in [-0.05, 0) is 23.6 Å². The first kappa shape index (κ1) is 21.6. The van der Waals surface area contributed by atoms with Gasteiger partial charge in [-0.3, -0.25) is 4.90 Å². The molecule has 3 aromatic carbocycles. The predicted octanol–water partition coefficient (Wildman–Crippen LogP) is 6.64. The van der Waals surface area contributed by atoms with Crippen LogP contribution in [0.5, 0.6) is 0 Å². The third-order valence-electron chi connectivity index (χ3n) is 4.95. The average molecular weight is 454 g/mol. The van der Waals surface area contributed by atoms with Crippen LogP contribution in [0.15, 0.2) is 70.5 Å². The lowest BCUT2D eigenvalue weighted by Gasteiger charge is -2.35. The number of hydrogen-bond acceptors (Lipinski definition) is 3. The lowest BCUT2D eigenvalue weighted by atomic mass is 10.1. The van der Waals surface area contributed by atoms with Crippen molar-refractivity contribution in [3.05, 3.63) is 60.7 Å². The molecule has 0 amide bonds. The Morgan fingerprint density at radius 3 is 2.29 bits per heavy atom. The number of rotatable bonds is 7. The average Bonchev–Trinajstić information content (AvgIpc) is 2.71. The van der Waals surface area contributed by atoms with E-state index in [1.54, 1.807) is 0 Å². The zero-order chi connectivity index (χ0) is 18.6. The van der Waals surface area contributed by atoms with Gasteiger partial charge < -0.3 is 4.90 Å². The smallest absolute Gasteiger partial charge is 0.0632 e. The Morgan fingerprint density at radius 1 is 0.786 bits per heavy atom. The maximum atomic E-state index is 5.99. The Kier molecular flexibility index (Phi) is 7.78. The molecule has 1 heterocycles. The first-order valence-corrected chi connectivity index (χ1v) is 11.1. The molecule has 6 heteroatoms. The highest BCUT2D eigenvalue weighted by Gasteiger charge is 2.25. The number of nitrogens with zero attached hydrogens (tertiary/aromatic N) is 2. The Labute approximate surface area is 187 Å². The zero-order valence-corrected chi connectivity index (χ0v) is 18.6. The van der Waals surface area contributed by atoms with Crippen molar-refractivity contribution in [2.75, 3.05) is 42.8 Å². The van der Waals surface area contributed by atoms with E-state index in [1.165, 1.54) is 31.9 Å². The highest BCUT2D eigenvalue weighted by atomic mass is 35.5. The van der Waals surface area contributed by atoms with Gasteiger partial charge in [0.05, 0.1) is 11.4 Å². The van der Waals surface area contributed by atoms with Gasteiger partial charge in [-0.2, -0.15) is 0 Å². The molecule has 0 aliphatic carbocycles. The number of alkyl halides is 2. The summed E-state index contributed by atoms with van der Waals surface area (Å²) in [5, 5.41) is 2.58. The van der Waals surface area contributed by atoms with Crippen LogP contribution in [0.1, 0.15) is 0 Å². The Hall–Kier alpha value is -1.10. The predicted molar refractivity (Wildman–Crippen MR) is 127 cm³/mol. The van der Waals surface area contributed by atoms with Crippen LogP contribution in [-0.2, 0) is 0 Å². The SMILES string of the molecule is Cl.ClCCN(CCCl)CCN1c2ccccc2Sc2ccc3ccccc3c21. The largest absolute Gasteiger partial charge is 0.338 e. The molecule has 0 saturated heterocycles. The fourth-order valence-electron chi connectivity index (χ4n) is 3.65. The molecule has 0 spiro atoms. The van der Waals surface area contributed by atoms with Crippen molar-refractivity contribution in [3.8, 4) is 0 Å². The topological polar surface area (TPSA) is 6.48 Å². The van der Waals surface area contributed by atoms with Crippen LogP contribution in [0.4, 0.5) is 11.4 Å². The van der Waals surface area contributed by atoms with E-state index in [0.29, 0.717) is 11.8 Å². The monoisotopic (exact) mass is 452 g/mol. The van der Waals surface area contributed by atoms with Crippen LogP contribution in [0.3, 0.4) is 0 Å². The third kappa shape index (κ3) is 4.39. The fraction of sp³-hybridized carbons (Fsp3) is 0.273. The summed E-state index contributed by atoms with van der Waals surface area (Å²) in [7, 11) is 0. The molecule has 0 bridgehead atoms. The van der Waals surface area contributed by atoms with Gasteiger partial charge in [-0.15, -0.1) is 35.6 Å². The molecule has 0 fully saturated rings. The Balaban J connectivity index is 0.00000225. The molecule has 0 saturated carbocycles. The third-order valence-corrected chi connectivity index (χ3v) is 6.40. The second-order valence-corrected chi connectivity index (χ2v) is 8.41. The summed E-state index contributed by atoms with van der Waals surface area (Å²) >= 11 is 13.8. The van der Waals surface area contributed by atoms with Gasteiger partial charge in [0.1, 0.15) is 0 Å².